The van der Waals surface area contributed by atoms with Gasteiger partial charge in [-0.05, 0) is 37.3 Å². The topological polar surface area (TPSA) is 50.2 Å². The molecule has 0 spiro atoms. The van der Waals surface area contributed by atoms with E-state index in [0.29, 0.717) is 24.1 Å². The first-order valence-corrected chi connectivity index (χ1v) is 5.12. The Bertz CT molecular complexity index is 432. The molecule has 3 nitrogen and oxygen atoms in total. The van der Waals surface area contributed by atoms with E-state index in [2.05, 4.69) is 4.98 Å². The van der Waals surface area contributed by atoms with E-state index in [1.165, 1.54) is 6.20 Å². The van der Waals surface area contributed by atoms with E-state index >= 15 is 0 Å². The molecule has 1 aliphatic rings. The molecular weight excluding hydrogens is 216 g/mol. The summed E-state index contributed by atoms with van der Waals surface area (Å²) in [6.45, 7) is 0. The van der Waals surface area contributed by atoms with E-state index in [0.717, 1.165) is 18.9 Å². The van der Waals surface area contributed by atoms with Crippen molar-refractivity contribution in [2.45, 2.75) is 31.6 Å². The lowest BCUT2D eigenvalue weighted by Gasteiger charge is -2.21. The normalized spacial score (nSPS) is 15.6. The fourth-order valence-electron chi connectivity index (χ4n) is 2.03. The highest BCUT2D eigenvalue weighted by Crippen LogP contribution is 2.34. The highest BCUT2D eigenvalue weighted by atomic mass is 19.3. The minimum Gasteiger partial charge on any atom is -0.477 e. The largest absolute Gasteiger partial charge is 0.477 e. The summed E-state index contributed by atoms with van der Waals surface area (Å²) in [6, 6.07) is 1.11. The van der Waals surface area contributed by atoms with Gasteiger partial charge in [-0.25, -0.2) is 4.79 Å². The second kappa shape index (κ2) is 3.81. The Labute approximate surface area is 91.1 Å². The van der Waals surface area contributed by atoms with E-state index in [9.17, 15) is 13.6 Å². The number of aromatic nitrogens is 1. The van der Waals surface area contributed by atoms with Gasteiger partial charge in [0.25, 0.3) is 0 Å². The fourth-order valence-corrected chi connectivity index (χ4v) is 2.03. The molecule has 0 atom stereocenters. The maximum Gasteiger partial charge on any atom is 0.379 e. The Morgan fingerprint density at radius 2 is 2.06 bits per heavy atom. The fraction of sp³-hybridized carbons (Fsp3) is 0.455. The van der Waals surface area contributed by atoms with Crippen LogP contribution in [-0.2, 0) is 23.6 Å². The standard InChI is InChI=1S/C11H11F2NO2/c12-11(13,10(15)16)8-5-6-14-9-4-2-1-3-7(8)9/h5-6H,1-4H2,(H,15,16). The minimum absolute atomic E-state index is 0.398. The molecule has 0 aromatic carbocycles. The summed E-state index contributed by atoms with van der Waals surface area (Å²) in [5, 5.41) is 8.53. The number of carboxylic acid groups (broad SMARTS) is 1. The molecule has 0 bridgehead atoms. The van der Waals surface area contributed by atoms with Crippen molar-refractivity contribution in [1.29, 1.82) is 0 Å². The average molecular weight is 227 g/mol. The Hall–Kier alpha value is -1.52. The van der Waals surface area contributed by atoms with Gasteiger partial charge in [0.1, 0.15) is 0 Å². The van der Waals surface area contributed by atoms with Crippen molar-refractivity contribution in [1.82, 2.24) is 4.98 Å². The van der Waals surface area contributed by atoms with E-state index in [-0.39, 0.29) is 0 Å². The number of rotatable bonds is 2. The molecule has 5 heteroatoms. The molecule has 0 amide bonds. The number of carbonyl (C=O) groups is 1. The molecule has 2 rings (SSSR count). The number of pyridine rings is 1. The lowest BCUT2D eigenvalue weighted by molar-refractivity contribution is -0.166. The van der Waals surface area contributed by atoms with Gasteiger partial charge < -0.3 is 5.11 Å². The molecule has 0 radical (unpaired) electrons. The number of nitrogens with zero attached hydrogens (tertiary/aromatic N) is 1. The minimum atomic E-state index is -3.82. The van der Waals surface area contributed by atoms with Crippen LogP contribution in [0.3, 0.4) is 0 Å². The molecule has 86 valence electrons. The molecule has 16 heavy (non-hydrogen) atoms. The summed E-state index contributed by atoms with van der Waals surface area (Å²) in [6.07, 6.45) is 4.13. The predicted octanol–water partition coefficient (Wildman–Crippen LogP) is 2.14. The van der Waals surface area contributed by atoms with Crippen LogP contribution in [0.15, 0.2) is 12.3 Å². The van der Waals surface area contributed by atoms with E-state index in [1.807, 2.05) is 0 Å². The zero-order valence-corrected chi connectivity index (χ0v) is 8.54. The smallest absolute Gasteiger partial charge is 0.379 e. The van der Waals surface area contributed by atoms with Gasteiger partial charge in [-0.15, -0.1) is 0 Å². The zero-order chi connectivity index (χ0) is 11.8. The maximum atomic E-state index is 13.4. The maximum absolute atomic E-state index is 13.4. The van der Waals surface area contributed by atoms with E-state index < -0.39 is 17.5 Å². The van der Waals surface area contributed by atoms with Crippen molar-refractivity contribution in [2.24, 2.45) is 0 Å². The molecule has 1 aromatic rings. The summed E-state index contributed by atoms with van der Waals surface area (Å²) >= 11 is 0. The number of fused-ring (bicyclic) bond motifs is 1. The molecule has 0 unspecified atom stereocenters. The van der Waals surface area contributed by atoms with Crippen molar-refractivity contribution >= 4 is 5.97 Å². The van der Waals surface area contributed by atoms with Gasteiger partial charge in [-0.1, -0.05) is 0 Å². The van der Waals surface area contributed by atoms with Crippen LogP contribution < -0.4 is 0 Å². The first-order valence-electron chi connectivity index (χ1n) is 5.12. The van der Waals surface area contributed by atoms with Crippen LogP contribution in [0.1, 0.15) is 29.7 Å². The monoisotopic (exact) mass is 227 g/mol. The third kappa shape index (κ3) is 1.66. The average Bonchev–Trinajstić information content (AvgIpc) is 2.28. The quantitative estimate of drug-likeness (QED) is 0.842. The number of alkyl halides is 2. The molecule has 0 fully saturated rings. The molecule has 1 N–H and O–H groups in total. The second-order valence-electron chi connectivity index (χ2n) is 3.87. The predicted molar refractivity (Wildman–Crippen MR) is 52.4 cm³/mol. The summed E-state index contributed by atoms with van der Waals surface area (Å²) in [5.41, 5.74) is 0.635. The van der Waals surface area contributed by atoms with Crippen LogP contribution in [0, 0.1) is 0 Å². The van der Waals surface area contributed by atoms with Crippen LogP contribution in [0.5, 0.6) is 0 Å². The van der Waals surface area contributed by atoms with Crippen LogP contribution in [0.2, 0.25) is 0 Å². The number of halogens is 2. The van der Waals surface area contributed by atoms with Crippen molar-refractivity contribution in [3.05, 3.63) is 29.1 Å². The van der Waals surface area contributed by atoms with E-state index in [1.54, 1.807) is 0 Å². The Kier molecular flexibility index (Phi) is 2.61. The summed E-state index contributed by atoms with van der Waals surface area (Å²) in [4.78, 5) is 14.6. The van der Waals surface area contributed by atoms with Crippen LogP contribution >= 0.6 is 0 Å². The number of carboxylic acids is 1. The first kappa shape index (κ1) is 11.0. The highest BCUT2D eigenvalue weighted by molar-refractivity contribution is 5.78. The molecule has 1 aromatic heterocycles. The Balaban J connectivity index is 2.53. The molecule has 0 saturated heterocycles. The second-order valence-corrected chi connectivity index (χ2v) is 3.87. The van der Waals surface area contributed by atoms with Crippen molar-refractivity contribution in [3.63, 3.8) is 0 Å². The number of aryl methyl sites for hydroxylation is 1. The van der Waals surface area contributed by atoms with Gasteiger partial charge in [0.2, 0.25) is 0 Å². The van der Waals surface area contributed by atoms with Gasteiger partial charge in [0.15, 0.2) is 0 Å². The SMILES string of the molecule is O=C(O)C(F)(F)c1ccnc2c1CCCC2. The third-order valence-electron chi connectivity index (χ3n) is 2.84. The number of hydrogen-bond acceptors (Lipinski definition) is 2. The van der Waals surface area contributed by atoms with Gasteiger partial charge >= 0.3 is 11.9 Å². The first-order chi connectivity index (χ1) is 7.53. The van der Waals surface area contributed by atoms with Crippen molar-refractivity contribution < 1.29 is 18.7 Å². The van der Waals surface area contributed by atoms with Gasteiger partial charge in [0.05, 0.1) is 0 Å². The van der Waals surface area contributed by atoms with E-state index in [4.69, 9.17) is 5.11 Å². The molecule has 0 saturated carbocycles. The lowest BCUT2D eigenvalue weighted by atomic mass is 9.90. The molecule has 0 aliphatic heterocycles. The highest BCUT2D eigenvalue weighted by Gasteiger charge is 2.43. The van der Waals surface area contributed by atoms with Crippen LogP contribution in [-0.4, -0.2) is 16.1 Å². The zero-order valence-electron chi connectivity index (χ0n) is 8.54. The van der Waals surface area contributed by atoms with Gasteiger partial charge in [0, 0.05) is 17.5 Å². The Morgan fingerprint density at radius 3 is 2.75 bits per heavy atom. The van der Waals surface area contributed by atoms with Gasteiger partial charge in [-0.2, -0.15) is 8.78 Å². The van der Waals surface area contributed by atoms with Crippen LogP contribution in [0.25, 0.3) is 0 Å². The molecule has 1 heterocycles. The third-order valence-corrected chi connectivity index (χ3v) is 2.84. The summed E-state index contributed by atoms with van der Waals surface area (Å²) in [5.74, 6) is -5.92. The van der Waals surface area contributed by atoms with Crippen molar-refractivity contribution in [2.75, 3.05) is 0 Å². The van der Waals surface area contributed by atoms with Gasteiger partial charge in [-0.3, -0.25) is 4.98 Å². The summed E-state index contributed by atoms with van der Waals surface area (Å²) in [7, 11) is 0. The molecule has 1 aliphatic carbocycles. The van der Waals surface area contributed by atoms with Crippen molar-refractivity contribution in [3.8, 4) is 0 Å². The molecular formula is C11H11F2NO2. The summed E-state index contributed by atoms with van der Waals surface area (Å²) < 4.78 is 26.9. The van der Waals surface area contributed by atoms with Crippen LogP contribution in [0.4, 0.5) is 8.78 Å². The number of aliphatic carboxylic acids is 1. The lowest BCUT2D eigenvalue weighted by Crippen LogP contribution is -2.28. The number of hydrogen-bond donors (Lipinski definition) is 1. The Morgan fingerprint density at radius 1 is 1.38 bits per heavy atom.